The van der Waals surface area contributed by atoms with E-state index in [1.54, 1.807) is 18.2 Å². The summed E-state index contributed by atoms with van der Waals surface area (Å²) in [7, 11) is 0. The Kier molecular flexibility index (Phi) is 5.51. The van der Waals surface area contributed by atoms with Crippen LogP contribution in [0.5, 0.6) is 0 Å². The zero-order chi connectivity index (χ0) is 19.9. The maximum Gasteiger partial charge on any atom is 0.398 e. The van der Waals surface area contributed by atoms with Gasteiger partial charge in [-0.2, -0.15) is 0 Å². The smallest absolute Gasteiger partial charge is 0.398 e. The van der Waals surface area contributed by atoms with Crippen LogP contribution in [-0.4, -0.2) is 16.8 Å². The van der Waals surface area contributed by atoms with Crippen LogP contribution in [-0.2, 0) is 4.84 Å². The number of carbonyl (C=O) groups excluding carboxylic acids is 2. The average Bonchev–Trinajstić information content (AvgIpc) is 3.26. The van der Waals surface area contributed by atoms with Crippen molar-refractivity contribution in [3.8, 4) is 0 Å². The van der Waals surface area contributed by atoms with Crippen LogP contribution < -0.4 is 5.48 Å². The number of amides is 1. The molecular formula is C18H12N4O6. The minimum absolute atomic E-state index is 0.0533. The molecule has 0 bridgehead atoms. The summed E-state index contributed by atoms with van der Waals surface area (Å²) in [6.07, 6.45) is 1.35. The molecule has 1 N–H and O–H groups in total. The van der Waals surface area contributed by atoms with Gasteiger partial charge in [0.05, 0.1) is 28.1 Å². The molecule has 0 spiro atoms. The monoisotopic (exact) mass is 380 g/mol. The normalized spacial score (nSPS) is 10.6. The SMILES string of the molecule is O=C(N=Nc1ccc(NOC(=O)c2ccco2)cc1)c1cccc([N+](=O)[O-])c1. The maximum atomic E-state index is 12.0. The van der Waals surface area contributed by atoms with E-state index < -0.39 is 16.8 Å². The summed E-state index contributed by atoms with van der Waals surface area (Å²) in [5.41, 5.74) is 3.13. The van der Waals surface area contributed by atoms with Crippen LogP contribution in [0.3, 0.4) is 0 Å². The summed E-state index contributed by atoms with van der Waals surface area (Å²) in [6.45, 7) is 0. The molecule has 0 saturated carbocycles. The summed E-state index contributed by atoms with van der Waals surface area (Å²) >= 11 is 0. The van der Waals surface area contributed by atoms with Gasteiger partial charge in [0.1, 0.15) is 0 Å². The number of nitrogens with zero attached hydrogens (tertiary/aromatic N) is 3. The van der Waals surface area contributed by atoms with E-state index in [9.17, 15) is 19.7 Å². The van der Waals surface area contributed by atoms with Crippen molar-refractivity contribution in [2.45, 2.75) is 0 Å². The molecule has 0 aliphatic rings. The number of hydrogen-bond donors (Lipinski definition) is 1. The van der Waals surface area contributed by atoms with E-state index in [1.807, 2.05) is 0 Å². The quantitative estimate of drug-likeness (QED) is 0.382. The van der Waals surface area contributed by atoms with Crippen LogP contribution in [0, 0.1) is 10.1 Å². The van der Waals surface area contributed by atoms with Gasteiger partial charge in [-0.3, -0.25) is 14.9 Å². The topological polar surface area (TPSA) is 136 Å². The lowest BCUT2D eigenvalue weighted by molar-refractivity contribution is -0.384. The zero-order valence-corrected chi connectivity index (χ0v) is 14.1. The molecule has 0 aliphatic heterocycles. The minimum Gasteiger partial charge on any atom is -0.457 e. The highest BCUT2D eigenvalue weighted by Gasteiger charge is 2.11. The van der Waals surface area contributed by atoms with Crippen molar-refractivity contribution in [2.24, 2.45) is 10.2 Å². The summed E-state index contributed by atoms with van der Waals surface area (Å²) < 4.78 is 4.90. The van der Waals surface area contributed by atoms with Crippen molar-refractivity contribution in [3.63, 3.8) is 0 Å². The second-order valence-electron chi connectivity index (χ2n) is 5.33. The third-order valence-corrected chi connectivity index (χ3v) is 3.41. The van der Waals surface area contributed by atoms with Crippen molar-refractivity contribution in [1.29, 1.82) is 0 Å². The summed E-state index contributed by atoms with van der Waals surface area (Å²) in [4.78, 5) is 38.6. The Balaban J connectivity index is 1.59. The Morgan fingerprint density at radius 1 is 1.07 bits per heavy atom. The molecule has 140 valence electrons. The highest BCUT2D eigenvalue weighted by atomic mass is 16.7. The predicted octanol–water partition coefficient (Wildman–Crippen LogP) is 4.30. The van der Waals surface area contributed by atoms with Crippen molar-refractivity contribution < 1.29 is 23.8 Å². The molecular weight excluding hydrogens is 368 g/mol. The number of nitro groups is 1. The number of azo groups is 1. The molecule has 0 fully saturated rings. The molecule has 0 unspecified atom stereocenters. The van der Waals surface area contributed by atoms with Gasteiger partial charge in [-0.1, -0.05) is 6.07 Å². The molecule has 0 atom stereocenters. The first-order chi connectivity index (χ1) is 13.5. The number of carbonyl (C=O) groups is 2. The van der Waals surface area contributed by atoms with Crippen LogP contribution in [0.15, 0.2) is 81.6 Å². The largest absolute Gasteiger partial charge is 0.457 e. The van der Waals surface area contributed by atoms with Gasteiger partial charge >= 0.3 is 5.97 Å². The first kappa shape index (κ1) is 18.5. The number of non-ortho nitro benzene ring substituents is 1. The average molecular weight is 380 g/mol. The van der Waals surface area contributed by atoms with E-state index in [0.717, 1.165) is 6.07 Å². The van der Waals surface area contributed by atoms with Gasteiger partial charge in [-0.15, -0.1) is 10.2 Å². The third kappa shape index (κ3) is 4.64. The molecule has 3 aromatic rings. The number of nitro benzene ring substituents is 1. The Morgan fingerprint density at radius 3 is 2.54 bits per heavy atom. The second kappa shape index (κ2) is 8.36. The van der Waals surface area contributed by atoms with E-state index in [1.165, 1.54) is 42.7 Å². The van der Waals surface area contributed by atoms with Gasteiger partial charge in [0, 0.05) is 12.1 Å². The fraction of sp³-hybridized carbons (Fsp3) is 0. The fourth-order valence-corrected chi connectivity index (χ4v) is 2.06. The highest BCUT2D eigenvalue weighted by molar-refractivity contribution is 5.95. The number of rotatable bonds is 6. The predicted molar refractivity (Wildman–Crippen MR) is 96.1 cm³/mol. The minimum atomic E-state index is -0.710. The number of furan rings is 1. The molecule has 0 saturated heterocycles. The van der Waals surface area contributed by atoms with Gasteiger partial charge in [0.2, 0.25) is 5.76 Å². The summed E-state index contributed by atoms with van der Waals surface area (Å²) in [5.74, 6) is -1.34. The molecule has 0 aliphatic carbocycles. The molecule has 1 amide bonds. The first-order valence-corrected chi connectivity index (χ1v) is 7.84. The molecule has 2 aromatic carbocycles. The number of nitrogens with one attached hydrogen (secondary N) is 1. The van der Waals surface area contributed by atoms with E-state index in [4.69, 9.17) is 9.25 Å². The molecule has 1 heterocycles. The van der Waals surface area contributed by atoms with Gasteiger partial charge in [-0.05, 0) is 42.5 Å². The Hall–Kier alpha value is -4.34. The number of hydrogen-bond acceptors (Lipinski definition) is 8. The van der Waals surface area contributed by atoms with E-state index in [2.05, 4.69) is 15.7 Å². The van der Waals surface area contributed by atoms with Gasteiger partial charge in [0.25, 0.3) is 11.6 Å². The van der Waals surface area contributed by atoms with Crippen molar-refractivity contribution in [3.05, 3.63) is 88.4 Å². The van der Waals surface area contributed by atoms with Gasteiger partial charge in [-0.25, -0.2) is 10.3 Å². The molecule has 10 heteroatoms. The third-order valence-electron chi connectivity index (χ3n) is 3.41. The molecule has 28 heavy (non-hydrogen) atoms. The lowest BCUT2D eigenvalue weighted by Crippen LogP contribution is -2.09. The summed E-state index contributed by atoms with van der Waals surface area (Å²) in [6, 6.07) is 14.4. The van der Waals surface area contributed by atoms with Crippen LogP contribution in [0.1, 0.15) is 20.9 Å². The summed E-state index contributed by atoms with van der Waals surface area (Å²) in [5, 5.41) is 18.1. The molecule has 0 radical (unpaired) electrons. The fourth-order valence-electron chi connectivity index (χ4n) is 2.06. The lowest BCUT2D eigenvalue weighted by atomic mass is 10.2. The second-order valence-corrected chi connectivity index (χ2v) is 5.33. The van der Waals surface area contributed by atoms with E-state index in [-0.39, 0.29) is 17.0 Å². The standard InChI is InChI=1S/C18H12N4O6/c23-17(12-3-1-4-15(11-12)22(25)26)20-19-13-6-8-14(9-7-13)21-28-18(24)16-5-2-10-27-16/h1-11,21H. The van der Waals surface area contributed by atoms with E-state index >= 15 is 0 Å². The van der Waals surface area contributed by atoms with Gasteiger partial charge in [0.15, 0.2) is 0 Å². The van der Waals surface area contributed by atoms with Crippen LogP contribution >= 0.6 is 0 Å². The Bertz CT molecular complexity index is 1030. The Morgan fingerprint density at radius 2 is 1.86 bits per heavy atom. The maximum absolute atomic E-state index is 12.0. The number of anilines is 1. The highest BCUT2D eigenvalue weighted by Crippen LogP contribution is 2.19. The van der Waals surface area contributed by atoms with Crippen molar-refractivity contribution in [2.75, 3.05) is 5.48 Å². The molecule has 3 rings (SSSR count). The van der Waals surface area contributed by atoms with Crippen LogP contribution in [0.25, 0.3) is 0 Å². The lowest BCUT2D eigenvalue weighted by Gasteiger charge is -2.05. The van der Waals surface area contributed by atoms with E-state index in [0.29, 0.717) is 11.4 Å². The molecule has 1 aromatic heterocycles. The first-order valence-electron chi connectivity index (χ1n) is 7.84. The number of benzene rings is 2. The van der Waals surface area contributed by atoms with Gasteiger partial charge < -0.3 is 9.25 Å². The van der Waals surface area contributed by atoms with Crippen LogP contribution in [0.2, 0.25) is 0 Å². The van der Waals surface area contributed by atoms with Crippen molar-refractivity contribution >= 4 is 28.9 Å². The molecule has 10 nitrogen and oxygen atoms in total. The zero-order valence-electron chi connectivity index (χ0n) is 14.1. The van der Waals surface area contributed by atoms with Crippen LogP contribution in [0.4, 0.5) is 17.1 Å². The van der Waals surface area contributed by atoms with Crippen molar-refractivity contribution in [1.82, 2.24) is 0 Å². The Labute approximate surface area is 157 Å².